The summed E-state index contributed by atoms with van der Waals surface area (Å²) in [6.07, 6.45) is 0. The number of hydrogen-bond donors (Lipinski definition) is 1. The van der Waals surface area contributed by atoms with Crippen LogP contribution in [0.15, 0.2) is 18.2 Å². The SMILES string of the molecule is Cc1cc(F)cc(C(=O)N(C)C2COCC2C(=O)O)c1. The van der Waals surface area contributed by atoms with Crippen LogP contribution in [0.5, 0.6) is 0 Å². The highest BCUT2D eigenvalue weighted by atomic mass is 19.1. The number of carboxylic acid groups (broad SMARTS) is 1. The number of ether oxygens (including phenoxy) is 1. The fraction of sp³-hybridized carbons (Fsp3) is 0.429. The third-order valence-electron chi connectivity index (χ3n) is 3.47. The first kappa shape index (κ1) is 14.5. The monoisotopic (exact) mass is 281 g/mol. The Kier molecular flexibility index (Phi) is 4.04. The number of amides is 1. The minimum atomic E-state index is -0.998. The molecule has 5 nitrogen and oxygen atoms in total. The second-order valence-corrected chi connectivity index (χ2v) is 4.98. The fourth-order valence-electron chi connectivity index (χ4n) is 2.37. The predicted molar refractivity (Wildman–Crippen MR) is 69.0 cm³/mol. The molecule has 2 unspecified atom stereocenters. The molecule has 6 heteroatoms. The number of benzene rings is 1. The van der Waals surface area contributed by atoms with Crippen LogP contribution >= 0.6 is 0 Å². The zero-order chi connectivity index (χ0) is 14.9. The molecule has 0 bridgehead atoms. The number of carbonyl (C=O) groups is 2. The maximum Gasteiger partial charge on any atom is 0.311 e. The Labute approximate surface area is 116 Å². The van der Waals surface area contributed by atoms with Gasteiger partial charge in [-0.3, -0.25) is 9.59 Å². The number of halogens is 1. The zero-order valence-electron chi connectivity index (χ0n) is 11.3. The number of nitrogens with zero attached hydrogens (tertiary/aromatic N) is 1. The van der Waals surface area contributed by atoms with E-state index in [9.17, 15) is 14.0 Å². The Morgan fingerprint density at radius 2 is 2.05 bits per heavy atom. The molecule has 1 aromatic rings. The molecule has 1 aliphatic rings. The maximum absolute atomic E-state index is 13.3. The summed E-state index contributed by atoms with van der Waals surface area (Å²) in [5.41, 5.74) is 0.847. The molecule has 108 valence electrons. The Balaban J connectivity index is 2.22. The number of carboxylic acids is 1. The van der Waals surface area contributed by atoms with Gasteiger partial charge in [0.25, 0.3) is 5.91 Å². The number of aliphatic carboxylic acids is 1. The number of aryl methyl sites for hydroxylation is 1. The maximum atomic E-state index is 13.3. The van der Waals surface area contributed by atoms with Crippen LogP contribution in [0.25, 0.3) is 0 Å². The summed E-state index contributed by atoms with van der Waals surface area (Å²) in [6.45, 7) is 1.95. The molecule has 2 atom stereocenters. The second kappa shape index (κ2) is 5.58. The Morgan fingerprint density at radius 3 is 2.65 bits per heavy atom. The normalized spacial score (nSPS) is 21.8. The molecule has 1 amide bonds. The van der Waals surface area contributed by atoms with Gasteiger partial charge in [0.05, 0.1) is 19.3 Å². The summed E-state index contributed by atoms with van der Waals surface area (Å²) in [6, 6.07) is 3.52. The molecule has 1 saturated heterocycles. The first-order valence-corrected chi connectivity index (χ1v) is 6.25. The molecule has 0 radical (unpaired) electrons. The van der Waals surface area contributed by atoms with Crippen molar-refractivity contribution in [2.75, 3.05) is 20.3 Å². The number of likely N-dealkylation sites (N-methyl/N-ethyl adjacent to an activating group) is 1. The first-order valence-electron chi connectivity index (χ1n) is 6.25. The van der Waals surface area contributed by atoms with Crippen LogP contribution in [0.1, 0.15) is 15.9 Å². The van der Waals surface area contributed by atoms with Crippen molar-refractivity contribution < 1.29 is 23.8 Å². The standard InChI is InChI=1S/C14H16FNO4/c1-8-3-9(5-10(15)4-8)13(17)16(2)12-7-20-6-11(12)14(18)19/h3-5,11-12H,6-7H2,1-2H3,(H,18,19). The molecule has 20 heavy (non-hydrogen) atoms. The van der Waals surface area contributed by atoms with Gasteiger partial charge in [-0.2, -0.15) is 0 Å². The molecular formula is C14H16FNO4. The van der Waals surface area contributed by atoms with Gasteiger partial charge in [0.2, 0.25) is 0 Å². The third-order valence-corrected chi connectivity index (χ3v) is 3.47. The van der Waals surface area contributed by atoms with Gasteiger partial charge in [0.15, 0.2) is 0 Å². The molecular weight excluding hydrogens is 265 g/mol. The Bertz CT molecular complexity index is 526. The molecule has 0 spiro atoms. The van der Waals surface area contributed by atoms with Crippen molar-refractivity contribution in [3.63, 3.8) is 0 Å². The van der Waals surface area contributed by atoms with E-state index in [0.717, 1.165) is 6.07 Å². The van der Waals surface area contributed by atoms with Gasteiger partial charge in [0.1, 0.15) is 11.7 Å². The lowest BCUT2D eigenvalue weighted by Gasteiger charge is -2.26. The molecule has 0 aromatic heterocycles. The summed E-state index contributed by atoms with van der Waals surface area (Å²) in [5.74, 6) is -2.64. The van der Waals surface area contributed by atoms with Crippen LogP contribution in [-0.2, 0) is 9.53 Å². The van der Waals surface area contributed by atoms with Gasteiger partial charge in [-0.1, -0.05) is 0 Å². The molecule has 2 rings (SSSR count). The predicted octanol–water partition coefficient (Wildman–Crippen LogP) is 1.31. The van der Waals surface area contributed by atoms with E-state index in [1.54, 1.807) is 13.0 Å². The lowest BCUT2D eigenvalue weighted by atomic mass is 10.0. The zero-order valence-corrected chi connectivity index (χ0v) is 11.3. The van der Waals surface area contributed by atoms with E-state index in [0.29, 0.717) is 5.56 Å². The van der Waals surface area contributed by atoms with Crippen LogP contribution in [0.3, 0.4) is 0 Å². The molecule has 1 heterocycles. The van der Waals surface area contributed by atoms with E-state index in [1.165, 1.54) is 18.0 Å². The number of rotatable bonds is 3. The van der Waals surface area contributed by atoms with Gasteiger partial charge in [-0.05, 0) is 30.7 Å². The quantitative estimate of drug-likeness (QED) is 0.907. The van der Waals surface area contributed by atoms with Gasteiger partial charge in [-0.25, -0.2) is 4.39 Å². The fourth-order valence-corrected chi connectivity index (χ4v) is 2.37. The van der Waals surface area contributed by atoms with Crippen molar-refractivity contribution in [2.24, 2.45) is 5.92 Å². The van der Waals surface area contributed by atoms with Crippen molar-refractivity contribution in [1.29, 1.82) is 0 Å². The van der Waals surface area contributed by atoms with Gasteiger partial charge in [0, 0.05) is 12.6 Å². The largest absolute Gasteiger partial charge is 0.481 e. The van der Waals surface area contributed by atoms with Gasteiger partial charge >= 0.3 is 5.97 Å². The lowest BCUT2D eigenvalue weighted by molar-refractivity contribution is -0.142. The van der Waals surface area contributed by atoms with Crippen molar-refractivity contribution >= 4 is 11.9 Å². The van der Waals surface area contributed by atoms with Crippen molar-refractivity contribution in [1.82, 2.24) is 4.90 Å². The summed E-state index contributed by atoms with van der Waals surface area (Å²) in [7, 11) is 1.51. The molecule has 1 aliphatic heterocycles. The molecule has 1 fully saturated rings. The van der Waals surface area contributed by atoms with E-state index < -0.39 is 29.7 Å². The topological polar surface area (TPSA) is 66.8 Å². The van der Waals surface area contributed by atoms with Crippen LogP contribution in [-0.4, -0.2) is 48.2 Å². The average molecular weight is 281 g/mol. The summed E-state index contributed by atoms with van der Waals surface area (Å²) < 4.78 is 18.5. The van der Waals surface area contributed by atoms with E-state index in [4.69, 9.17) is 9.84 Å². The van der Waals surface area contributed by atoms with Crippen molar-refractivity contribution in [3.8, 4) is 0 Å². The summed E-state index contributed by atoms with van der Waals surface area (Å²) >= 11 is 0. The van der Waals surface area contributed by atoms with E-state index in [-0.39, 0.29) is 18.8 Å². The third kappa shape index (κ3) is 2.80. The van der Waals surface area contributed by atoms with Gasteiger partial charge in [-0.15, -0.1) is 0 Å². The van der Waals surface area contributed by atoms with Crippen LogP contribution < -0.4 is 0 Å². The minimum Gasteiger partial charge on any atom is -0.481 e. The van der Waals surface area contributed by atoms with Crippen LogP contribution in [0, 0.1) is 18.7 Å². The Morgan fingerprint density at radius 1 is 1.35 bits per heavy atom. The van der Waals surface area contributed by atoms with Crippen molar-refractivity contribution in [3.05, 3.63) is 35.1 Å². The first-order chi connectivity index (χ1) is 9.40. The highest BCUT2D eigenvalue weighted by Crippen LogP contribution is 2.21. The highest BCUT2D eigenvalue weighted by molar-refractivity contribution is 5.94. The minimum absolute atomic E-state index is 0.0831. The van der Waals surface area contributed by atoms with Gasteiger partial charge < -0.3 is 14.7 Å². The smallest absolute Gasteiger partial charge is 0.311 e. The highest BCUT2D eigenvalue weighted by Gasteiger charge is 2.38. The molecule has 1 N–H and O–H groups in total. The summed E-state index contributed by atoms with van der Waals surface area (Å²) in [4.78, 5) is 24.7. The number of hydrogen-bond acceptors (Lipinski definition) is 3. The average Bonchev–Trinajstić information content (AvgIpc) is 2.85. The second-order valence-electron chi connectivity index (χ2n) is 4.98. The molecule has 1 aromatic carbocycles. The van der Waals surface area contributed by atoms with Crippen LogP contribution in [0.2, 0.25) is 0 Å². The molecule has 0 saturated carbocycles. The van der Waals surface area contributed by atoms with Crippen LogP contribution in [0.4, 0.5) is 4.39 Å². The van der Waals surface area contributed by atoms with E-state index >= 15 is 0 Å². The van der Waals surface area contributed by atoms with E-state index in [1.807, 2.05) is 0 Å². The lowest BCUT2D eigenvalue weighted by Crippen LogP contribution is -2.44. The molecule has 0 aliphatic carbocycles. The Hall–Kier alpha value is -1.95. The van der Waals surface area contributed by atoms with E-state index in [2.05, 4.69) is 0 Å². The number of carbonyl (C=O) groups excluding carboxylic acids is 1. The van der Waals surface area contributed by atoms with Crippen molar-refractivity contribution in [2.45, 2.75) is 13.0 Å². The summed E-state index contributed by atoms with van der Waals surface area (Å²) in [5, 5.41) is 9.10.